The zero-order valence-corrected chi connectivity index (χ0v) is 11.3. The lowest BCUT2D eigenvalue weighted by atomic mass is 10.0. The number of hydrogen-bond donors (Lipinski definition) is 2. The Bertz CT molecular complexity index is 424. The zero-order chi connectivity index (χ0) is 13.0. The number of rotatable bonds is 4. The predicted octanol–water partition coefficient (Wildman–Crippen LogP) is 0.955. The second kappa shape index (κ2) is 7.40. The highest BCUT2D eigenvalue weighted by Gasteiger charge is 2.22. The molecule has 0 amide bonds. The molecule has 1 atom stereocenters. The van der Waals surface area contributed by atoms with Crippen LogP contribution < -0.4 is 5.32 Å². The fraction of sp³-hybridized carbons (Fsp3) is 0.500. The standard InChI is InChI=1S/C12H17N3O3.ClH/c16-9-12(14-6-4-13-5-7-14)10-2-1-3-11(8-10)15(17)18;/h1-3,8,12-13,16H,4-7,9H2;1H/t12-;/m0./s1. The molecule has 1 aromatic carbocycles. The van der Waals surface area contributed by atoms with Crippen LogP contribution in [-0.4, -0.2) is 47.7 Å². The fourth-order valence-electron chi connectivity index (χ4n) is 2.27. The predicted molar refractivity (Wildman–Crippen MR) is 74.6 cm³/mol. The molecule has 0 unspecified atom stereocenters. The SMILES string of the molecule is Cl.O=[N+]([O-])c1cccc([C@H](CO)N2CCNCC2)c1. The summed E-state index contributed by atoms with van der Waals surface area (Å²) >= 11 is 0. The van der Waals surface area contributed by atoms with Gasteiger partial charge in [0.15, 0.2) is 0 Å². The van der Waals surface area contributed by atoms with Crippen LogP contribution in [0, 0.1) is 10.1 Å². The van der Waals surface area contributed by atoms with Crippen LogP contribution in [0.1, 0.15) is 11.6 Å². The van der Waals surface area contributed by atoms with E-state index in [1.54, 1.807) is 12.1 Å². The first-order valence-corrected chi connectivity index (χ1v) is 6.02. The number of nitro groups is 1. The maximum atomic E-state index is 10.8. The minimum atomic E-state index is -0.407. The number of nitro benzene ring substituents is 1. The van der Waals surface area contributed by atoms with Gasteiger partial charge in [-0.3, -0.25) is 15.0 Å². The Morgan fingerprint density at radius 2 is 2.11 bits per heavy atom. The van der Waals surface area contributed by atoms with Crippen LogP contribution in [0.4, 0.5) is 5.69 Å². The first-order valence-electron chi connectivity index (χ1n) is 6.02. The summed E-state index contributed by atoms with van der Waals surface area (Å²) in [5, 5.41) is 23.5. The van der Waals surface area contributed by atoms with E-state index in [0.29, 0.717) is 0 Å². The molecule has 2 rings (SSSR count). The first kappa shape index (κ1) is 15.8. The van der Waals surface area contributed by atoms with Crippen molar-refractivity contribution >= 4 is 18.1 Å². The minimum absolute atomic E-state index is 0. The van der Waals surface area contributed by atoms with Crippen LogP contribution in [0.2, 0.25) is 0 Å². The van der Waals surface area contributed by atoms with E-state index < -0.39 is 4.92 Å². The Morgan fingerprint density at radius 3 is 2.68 bits per heavy atom. The lowest BCUT2D eigenvalue weighted by Gasteiger charge is -2.34. The largest absolute Gasteiger partial charge is 0.394 e. The van der Waals surface area contributed by atoms with Gasteiger partial charge < -0.3 is 10.4 Å². The monoisotopic (exact) mass is 287 g/mol. The van der Waals surface area contributed by atoms with Gasteiger partial charge in [-0.15, -0.1) is 12.4 Å². The topological polar surface area (TPSA) is 78.6 Å². The van der Waals surface area contributed by atoms with Crippen LogP contribution in [0.3, 0.4) is 0 Å². The van der Waals surface area contributed by atoms with Gasteiger partial charge in [-0.05, 0) is 5.56 Å². The summed E-state index contributed by atoms with van der Waals surface area (Å²) in [5.74, 6) is 0. The molecule has 7 heteroatoms. The van der Waals surface area contributed by atoms with E-state index in [1.807, 2.05) is 6.07 Å². The van der Waals surface area contributed by atoms with E-state index in [-0.39, 0.29) is 30.7 Å². The third-order valence-electron chi connectivity index (χ3n) is 3.23. The number of nitrogens with one attached hydrogen (secondary N) is 1. The van der Waals surface area contributed by atoms with E-state index >= 15 is 0 Å². The summed E-state index contributed by atoms with van der Waals surface area (Å²) < 4.78 is 0. The number of aliphatic hydroxyl groups is 1. The van der Waals surface area contributed by atoms with Crippen molar-refractivity contribution < 1.29 is 10.0 Å². The second-order valence-electron chi connectivity index (χ2n) is 4.34. The van der Waals surface area contributed by atoms with Crippen molar-refractivity contribution in [3.8, 4) is 0 Å². The molecule has 6 nitrogen and oxygen atoms in total. The molecular formula is C12H18ClN3O3. The molecule has 1 aliphatic heterocycles. The van der Waals surface area contributed by atoms with E-state index in [9.17, 15) is 15.2 Å². The van der Waals surface area contributed by atoms with Crippen LogP contribution in [0.5, 0.6) is 0 Å². The molecule has 2 N–H and O–H groups in total. The maximum absolute atomic E-state index is 10.8. The molecule has 0 aliphatic carbocycles. The molecule has 0 radical (unpaired) electrons. The van der Waals surface area contributed by atoms with E-state index in [1.165, 1.54) is 6.07 Å². The molecule has 1 saturated heterocycles. The molecule has 0 spiro atoms. The Kier molecular flexibility index (Phi) is 6.17. The third-order valence-corrected chi connectivity index (χ3v) is 3.23. The molecule has 1 aliphatic rings. The maximum Gasteiger partial charge on any atom is 0.269 e. The average molecular weight is 288 g/mol. The van der Waals surface area contributed by atoms with Crippen LogP contribution >= 0.6 is 12.4 Å². The van der Waals surface area contributed by atoms with Gasteiger partial charge in [-0.1, -0.05) is 12.1 Å². The van der Waals surface area contributed by atoms with Crippen molar-refractivity contribution in [1.82, 2.24) is 10.2 Å². The van der Waals surface area contributed by atoms with Crippen molar-refractivity contribution in [2.75, 3.05) is 32.8 Å². The van der Waals surface area contributed by atoms with Crippen LogP contribution in [0.25, 0.3) is 0 Å². The summed E-state index contributed by atoms with van der Waals surface area (Å²) in [6.07, 6.45) is 0. The van der Waals surface area contributed by atoms with Crippen molar-refractivity contribution in [3.05, 3.63) is 39.9 Å². The zero-order valence-electron chi connectivity index (χ0n) is 10.5. The lowest BCUT2D eigenvalue weighted by molar-refractivity contribution is -0.385. The van der Waals surface area contributed by atoms with Crippen LogP contribution in [-0.2, 0) is 0 Å². The molecule has 106 valence electrons. The average Bonchev–Trinajstić information content (AvgIpc) is 2.41. The Morgan fingerprint density at radius 1 is 1.42 bits per heavy atom. The molecule has 19 heavy (non-hydrogen) atoms. The van der Waals surface area contributed by atoms with Gasteiger partial charge in [0, 0.05) is 38.3 Å². The van der Waals surface area contributed by atoms with Gasteiger partial charge in [0.05, 0.1) is 17.6 Å². The van der Waals surface area contributed by atoms with Crippen molar-refractivity contribution in [2.45, 2.75) is 6.04 Å². The minimum Gasteiger partial charge on any atom is -0.394 e. The van der Waals surface area contributed by atoms with E-state index in [2.05, 4.69) is 10.2 Å². The normalized spacial score (nSPS) is 17.5. The van der Waals surface area contributed by atoms with Gasteiger partial charge in [0.1, 0.15) is 0 Å². The summed E-state index contributed by atoms with van der Waals surface area (Å²) in [6, 6.07) is 6.35. The molecule has 1 aromatic rings. The highest BCUT2D eigenvalue weighted by Crippen LogP contribution is 2.24. The van der Waals surface area contributed by atoms with E-state index in [0.717, 1.165) is 31.7 Å². The van der Waals surface area contributed by atoms with Crippen molar-refractivity contribution in [1.29, 1.82) is 0 Å². The number of non-ortho nitro benzene ring substituents is 1. The highest BCUT2D eigenvalue weighted by molar-refractivity contribution is 5.85. The Balaban J connectivity index is 0.00000180. The summed E-state index contributed by atoms with van der Waals surface area (Å²) in [6.45, 7) is 3.42. The summed E-state index contributed by atoms with van der Waals surface area (Å²) in [4.78, 5) is 12.5. The number of aliphatic hydroxyl groups excluding tert-OH is 1. The molecular weight excluding hydrogens is 270 g/mol. The number of hydrogen-bond acceptors (Lipinski definition) is 5. The van der Waals surface area contributed by atoms with Crippen molar-refractivity contribution in [2.24, 2.45) is 0 Å². The fourth-order valence-corrected chi connectivity index (χ4v) is 2.27. The van der Waals surface area contributed by atoms with Gasteiger partial charge >= 0.3 is 0 Å². The highest BCUT2D eigenvalue weighted by atomic mass is 35.5. The van der Waals surface area contributed by atoms with Crippen molar-refractivity contribution in [3.63, 3.8) is 0 Å². The van der Waals surface area contributed by atoms with Gasteiger partial charge in [0.2, 0.25) is 0 Å². The van der Waals surface area contributed by atoms with Gasteiger partial charge in [-0.2, -0.15) is 0 Å². The molecule has 0 aromatic heterocycles. The number of benzene rings is 1. The number of halogens is 1. The third kappa shape index (κ3) is 3.87. The lowest BCUT2D eigenvalue weighted by Crippen LogP contribution is -2.46. The number of piperazine rings is 1. The first-order chi connectivity index (χ1) is 8.72. The van der Waals surface area contributed by atoms with Gasteiger partial charge in [0.25, 0.3) is 5.69 Å². The van der Waals surface area contributed by atoms with Gasteiger partial charge in [-0.25, -0.2) is 0 Å². The molecule has 1 fully saturated rings. The summed E-state index contributed by atoms with van der Waals surface area (Å²) in [5.41, 5.74) is 0.870. The Hall–Kier alpha value is -1.21. The molecule has 0 saturated carbocycles. The Labute approximate surface area is 118 Å². The quantitative estimate of drug-likeness (QED) is 0.637. The summed E-state index contributed by atoms with van der Waals surface area (Å²) in [7, 11) is 0. The second-order valence-corrected chi connectivity index (χ2v) is 4.34. The molecule has 0 bridgehead atoms. The van der Waals surface area contributed by atoms with E-state index in [4.69, 9.17) is 0 Å². The number of nitrogens with zero attached hydrogens (tertiary/aromatic N) is 2. The smallest absolute Gasteiger partial charge is 0.269 e. The van der Waals surface area contributed by atoms with Crippen LogP contribution in [0.15, 0.2) is 24.3 Å². The molecule has 1 heterocycles.